The van der Waals surface area contributed by atoms with Crippen molar-refractivity contribution in [3.05, 3.63) is 36.4 Å². The first-order valence-electron chi connectivity index (χ1n) is 5.03. The largest absolute Gasteiger partial charge is 1.00 e. The number of benzene rings is 1. The third-order valence-corrected chi connectivity index (χ3v) is 3.47. The van der Waals surface area contributed by atoms with Crippen LogP contribution >= 0.6 is 15.9 Å². The van der Waals surface area contributed by atoms with Crippen molar-refractivity contribution in [1.82, 2.24) is 0 Å². The second kappa shape index (κ2) is 4.72. The fourth-order valence-electron chi connectivity index (χ4n) is 2.03. The lowest BCUT2D eigenvalue weighted by atomic mass is 10.2. The summed E-state index contributed by atoms with van der Waals surface area (Å²) in [5.74, 6) is 0.971. The van der Waals surface area contributed by atoms with Crippen molar-refractivity contribution in [3.8, 4) is 5.88 Å². The van der Waals surface area contributed by atoms with Gasteiger partial charge in [-0.05, 0) is 12.1 Å². The molecule has 0 radical (unpaired) electrons. The molecule has 0 saturated carbocycles. The van der Waals surface area contributed by atoms with Crippen LogP contribution in [0.5, 0.6) is 5.88 Å². The van der Waals surface area contributed by atoms with E-state index in [0.717, 1.165) is 17.8 Å². The first-order chi connectivity index (χ1) is 7.38. The highest BCUT2D eigenvalue weighted by atomic mass is 79.9. The molecule has 2 heterocycles. The Bertz CT molecular complexity index is 515. The molecule has 2 nitrogen and oxygen atoms in total. The van der Waals surface area contributed by atoms with Crippen molar-refractivity contribution in [3.63, 3.8) is 0 Å². The summed E-state index contributed by atoms with van der Waals surface area (Å²) in [5.41, 5.74) is 1.25. The van der Waals surface area contributed by atoms with Crippen LogP contribution in [0.25, 0.3) is 10.9 Å². The predicted octanol–water partition coefficient (Wildman–Crippen LogP) is -0.713. The number of hydrogen-bond donors (Lipinski definition) is 0. The molecule has 16 heavy (non-hydrogen) atoms. The zero-order chi connectivity index (χ0) is 10.3. The number of ether oxygens (including phenoxy) is 1. The van der Waals surface area contributed by atoms with E-state index in [-0.39, 0.29) is 23.1 Å². The maximum absolute atomic E-state index is 5.78. The molecule has 1 atom stereocenters. The number of fused-ring (bicyclic) bond motifs is 3. The molecule has 0 bridgehead atoms. The van der Waals surface area contributed by atoms with Gasteiger partial charge in [0.2, 0.25) is 5.52 Å². The highest BCUT2D eigenvalue weighted by Gasteiger charge is 2.30. The molecule has 0 spiro atoms. The van der Waals surface area contributed by atoms with Crippen LogP contribution in [0.2, 0.25) is 0 Å². The minimum atomic E-state index is 0. The minimum Gasteiger partial charge on any atom is -1.00 e. The Labute approximate surface area is 113 Å². The summed E-state index contributed by atoms with van der Waals surface area (Å²) in [6, 6.07) is 12.6. The van der Waals surface area contributed by atoms with E-state index >= 15 is 0 Å². The van der Waals surface area contributed by atoms with E-state index in [2.05, 4.69) is 50.8 Å². The number of hydrogen-bond acceptors (Lipinski definition) is 1. The molecule has 0 amide bonds. The Balaban J connectivity index is 0.000000963. The maximum Gasteiger partial charge on any atom is 0.368 e. The number of aromatic nitrogens is 1. The van der Waals surface area contributed by atoms with Crippen LogP contribution < -0.4 is 26.3 Å². The van der Waals surface area contributed by atoms with E-state index in [1.165, 1.54) is 10.9 Å². The Kier molecular flexibility index (Phi) is 3.50. The second-order valence-corrected chi connectivity index (χ2v) is 4.38. The molecule has 1 aliphatic rings. The fraction of sp³-hybridized carbons (Fsp3) is 0.250. The number of rotatable bonds is 1. The summed E-state index contributed by atoms with van der Waals surface area (Å²) in [4.78, 5) is 0. The number of pyridine rings is 1. The molecule has 84 valence electrons. The SMILES string of the molecule is BrCC1C[n+]2c(ccc3ccccc32)O1.[Br-]. The normalized spacial score (nSPS) is 17.7. The van der Waals surface area contributed by atoms with Crippen molar-refractivity contribution in [2.45, 2.75) is 12.6 Å². The summed E-state index contributed by atoms with van der Waals surface area (Å²) in [7, 11) is 0. The molecular weight excluding hydrogens is 334 g/mol. The Morgan fingerprint density at radius 2 is 2.06 bits per heavy atom. The van der Waals surface area contributed by atoms with Crippen LogP contribution in [-0.4, -0.2) is 11.4 Å². The van der Waals surface area contributed by atoms with Crippen molar-refractivity contribution in [1.29, 1.82) is 0 Å². The minimum absolute atomic E-state index is 0. The van der Waals surface area contributed by atoms with Crippen molar-refractivity contribution in [2.75, 3.05) is 5.33 Å². The molecule has 1 aromatic heterocycles. The first kappa shape index (κ1) is 11.9. The lowest BCUT2D eigenvalue weighted by Gasteiger charge is -1.96. The number of nitrogens with zero attached hydrogens (tertiary/aromatic N) is 1. The van der Waals surface area contributed by atoms with Crippen LogP contribution in [0.4, 0.5) is 0 Å². The number of alkyl halides is 1. The van der Waals surface area contributed by atoms with Gasteiger partial charge in [-0.25, -0.2) is 0 Å². The predicted molar refractivity (Wildman–Crippen MR) is 62.4 cm³/mol. The van der Waals surface area contributed by atoms with E-state index in [1.54, 1.807) is 0 Å². The molecular formula is C12H11Br2NO. The van der Waals surface area contributed by atoms with Crippen LogP contribution in [0.15, 0.2) is 36.4 Å². The summed E-state index contributed by atoms with van der Waals surface area (Å²) < 4.78 is 8.02. The van der Waals surface area contributed by atoms with Crippen LogP contribution in [0.3, 0.4) is 0 Å². The smallest absolute Gasteiger partial charge is 0.368 e. The van der Waals surface area contributed by atoms with Gasteiger partial charge in [0.25, 0.3) is 0 Å². The highest BCUT2D eigenvalue weighted by Crippen LogP contribution is 2.20. The molecule has 2 aromatic rings. The van der Waals surface area contributed by atoms with Gasteiger partial charge in [-0.1, -0.05) is 28.1 Å². The van der Waals surface area contributed by atoms with Gasteiger partial charge in [-0.15, -0.1) is 0 Å². The highest BCUT2D eigenvalue weighted by molar-refractivity contribution is 9.09. The van der Waals surface area contributed by atoms with Gasteiger partial charge in [0, 0.05) is 16.8 Å². The lowest BCUT2D eigenvalue weighted by molar-refractivity contribution is -0.655. The molecule has 1 unspecified atom stereocenters. The van der Waals surface area contributed by atoms with Crippen LogP contribution in [0.1, 0.15) is 0 Å². The van der Waals surface area contributed by atoms with E-state index in [0.29, 0.717) is 0 Å². The van der Waals surface area contributed by atoms with Gasteiger partial charge in [0.05, 0.1) is 6.07 Å². The zero-order valence-corrected chi connectivity index (χ0v) is 11.7. The first-order valence-corrected chi connectivity index (χ1v) is 6.15. The van der Waals surface area contributed by atoms with E-state index in [4.69, 9.17) is 4.74 Å². The molecule has 0 saturated heterocycles. The topological polar surface area (TPSA) is 13.1 Å². The summed E-state index contributed by atoms with van der Waals surface area (Å²) >= 11 is 3.46. The third kappa shape index (κ3) is 1.84. The second-order valence-electron chi connectivity index (χ2n) is 3.74. The van der Waals surface area contributed by atoms with Gasteiger partial charge in [0.1, 0.15) is 0 Å². The van der Waals surface area contributed by atoms with Gasteiger partial charge in [-0.2, -0.15) is 4.57 Å². The summed E-state index contributed by atoms with van der Waals surface area (Å²) in [6.07, 6.45) is 0.260. The Morgan fingerprint density at radius 3 is 2.88 bits per heavy atom. The fourth-order valence-corrected chi connectivity index (χ4v) is 2.36. The number of halogens is 2. The van der Waals surface area contributed by atoms with Gasteiger partial charge in [0.15, 0.2) is 12.6 Å². The van der Waals surface area contributed by atoms with Gasteiger partial charge >= 0.3 is 5.88 Å². The third-order valence-electron chi connectivity index (χ3n) is 2.74. The molecule has 0 aliphatic carbocycles. The average molecular weight is 345 g/mol. The molecule has 1 aliphatic heterocycles. The van der Waals surface area contributed by atoms with Crippen molar-refractivity contribution in [2.24, 2.45) is 0 Å². The van der Waals surface area contributed by atoms with Crippen molar-refractivity contribution >= 4 is 26.8 Å². The monoisotopic (exact) mass is 343 g/mol. The van der Waals surface area contributed by atoms with E-state index in [9.17, 15) is 0 Å². The molecule has 0 N–H and O–H groups in total. The average Bonchev–Trinajstić information content (AvgIpc) is 2.72. The van der Waals surface area contributed by atoms with Crippen LogP contribution in [0, 0.1) is 0 Å². The molecule has 4 heteroatoms. The van der Waals surface area contributed by atoms with Gasteiger partial charge < -0.3 is 21.7 Å². The van der Waals surface area contributed by atoms with Gasteiger partial charge in [-0.3, -0.25) is 0 Å². The van der Waals surface area contributed by atoms with Crippen molar-refractivity contribution < 1.29 is 26.3 Å². The number of para-hydroxylation sites is 1. The molecule has 0 fully saturated rings. The molecule has 1 aromatic carbocycles. The molecule has 3 rings (SSSR count). The zero-order valence-electron chi connectivity index (χ0n) is 8.57. The Hall–Kier alpha value is -0.610. The summed E-state index contributed by atoms with van der Waals surface area (Å²) in [5, 5.41) is 2.14. The van der Waals surface area contributed by atoms with Crippen LogP contribution in [-0.2, 0) is 6.54 Å². The quantitative estimate of drug-likeness (QED) is 0.492. The summed E-state index contributed by atoms with van der Waals surface area (Å²) in [6.45, 7) is 0.932. The van der Waals surface area contributed by atoms with E-state index < -0.39 is 0 Å². The Morgan fingerprint density at radius 1 is 1.25 bits per heavy atom. The maximum atomic E-state index is 5.78. The lowest BCUT2D eigenvalue weighted by Crippen LogP contribution is -3.00. The van der Waals surface area contributed by atoms with E-state index in [1.807, 2.05) is 6.07 Å². The standard InChI is InChI=1S/C12H11BrNO.BrH/c13-7-10-8-14-11-4-2-1-3-9(11)5-6-12(14)15-10;/h1-6,10H,7-8H2;1H/q+1;/p-1.